The molecule has 3 N–H and O–H groups in total. The van der Waals surface area contributed by atoms with Crippen molar-refractivity contribution in [3.8, 4) is 0 Å². The molecule has 0 saturated carbocycles. The zero-order valence-corrected chi connectivity index (χ0v) is 8.84. The molecular weight excluding hydrogens is 204 g/mol. The lowest BCUT2D eigenvalue weighted by atomic mass is 10.3. The van der Waals surface area contributed by atoms with Gasteiger partial charge in [-0.2, -0.15) is 0 Å². The van der Waals surface area contributed by atoms with Crippen LogP contribution in [0.2, 0.25) is 0 Å². The van der Waals surface area contributed by atoms with Crippen LogP contribution in [0.25, 0.3) is 0 Å². The molecule has 0 amide bonds. The van der Waals surface area contributed by atoms with E-state index in [1.54, 1.807) is 4.90 Å². The highest BCUT2D eigenvalue weighted by atomic mass is 16.1. The molecule has 0 aliphatic heterocycles. The molecule has 1 aromatic heterocycles. The van der Waals surface area contributed by atoms with Crippen LogP contribution in [0.15, 0.2) is 41.3 Å². The van der Waals surface area contributed by atoms with E-state index in [1.165, 1.54) is 6.20 Å². The van der Waals surface area contributed by atoms with Crippen LogP contribution in [-0.4, -0.2) is 17.0 Å². The Morgan fingerprint density at radius 3 is 2.62 bits per heavy atom. The van der Waals surface area contributed by atoms with Crippen LogP contribution in [0.5, 0.6) is 0 Å². The van der Waals surface area contributed by atoms with E-state index in [-0.39, 0.29) is 11.2 Å². The van der Waals surface area contributed by atoms with Crippen molar-refractivity contribution in [3.05, 3.63) is 46.9 Å². The summed E-state index contributed by atoms with van der Waals surface area (Å²) in [5.74, 6) is 0.463. The first-order chi connectivity index (χ1) is 7.68. The molecule has 0 unspecified atom stereocenters. The van der Waals surface area contributed by atoms with E-state index in [1.807, 2.05) is 37.4 Å². The molecule has 82 valence electrons. The first-order valence-electron chi connectivity index (χ1n) is 4.82. The second kappa shape index (κ2) is 4.06. The van der Waals surface area contributed by atoms with Crippen molar-refractivity contribution < 1.29 is 0 Å². The zero-order chi connectivity index (χ0) is 11.5. The molecule has 2 rings (SSSR count). The van der Waals surface area contributed by atoms with E-state index in [9.17, 15) is 4.79 Å². The summed E-state index contributed by atoms with van der Waals surface area (Å²) >= 11 is 0. The molecular formula is C11H12N4O. The summed E-state index contributed by atoms with van der Waals surface area (Å²) in [6.07, 6.45) is 1.35. The lowest BCUT2D eigenvalue weighted by Gasteiger charge is -2.17. The van der Waals surface area contributed by atoms with Crippen molar-refractivity contribution in [3.63, 3.8) is 0 Å². The Morgan fingerprint density at radius 1 is 1.31 bits per heavy atom. The van der Waals surface area contributed by atoms with Crippen molar-refractivity contribution in [2.24, 2.45) is 0 Å². The lowest BCUT2D eigenvalue weighted by Crippen LogP contribution is -2.20. The fraction of sp³-hybridized carbons (Fsp3) is 0.0909. The molecule has 16 heavy (non-hydrogen) atoms. The number of aromatic amines is 1. The molecule has 1 aromatic carbocycles. The van der Waals surface area contributed by atoms with Crippen molar-refractivity contribution in [1.29, 1.82) is 0 Å². The third-order valence-corrected chi connectivity index (χ3v) is 2.27. The maximum Gasteiger partial charge on any atom is 0.275 e. The van der Waals surface area contributed by atoms with Crippen LogP contribution >= 0.6 is 0 Å². The summed E-state index contributed by atoms with van der Waals surface area (Å²) in [4.78, 5) is 19.8. The minimum atomic E-state index is -0.326. The monoisotopic (exact) mass is 216 g/mol. The van der Waals surface area contributed by atoms with Gasteiger partial charge in [0.05, 0.1) is 6.20 Å². The summed E-state index contributed by atoms with van der Waals surface area (Å²) in [6, 6.07) is 9.62. The van der Waals surface area contributed by atoms with Gasteiger partial charge in [-0.3, -0.25) is 9.78 Å². The largest absolute Gasteiger partial charge is 0.393 e. The van der Waals surface area contributed by atoms with E-state index >= 15 is 0 Å². The van der Waals surface area contributed by atoms with E-state index in [0.717, 1.165) is 5.69 Å². The minimum absolute atomic E-state index is 0.116. The van der Waals surface area contributed by atoms with E-state index in [4.69, 9.17) is 5.73 Å². The Hall–Kier alpha value is -2.30. The molecule has 0 spiro atoms. The average molecular weight is 216 g/mol. The van der Waals surface area contributed by atoms with Crippen LogP contribution < -0.4 is 16.2 Å². The SMILES string of the molecule is CN(c1ccccc1)c1ncc(N)c(=O)[nH]1. The number of nitrogen functional groups attached to an aromatic ring is 1. The zero-order valence-electron chi connectivity index (χ0n) is 8.84. The molecule has 0 radical (unpaired) electrons. The van der Waals surface area contributed by atoms with Gasteiger partial charge < -0.3 is 10.6 Å². The second-order valence-electron chi connectivity index (χ2n) is 3.39. The number of aromatic nitrogens is 2. The number of nitrogens with zero attached hydrogens (tertiary/aromatic N) is 2. The predicted octanol–water partition coefficient (Wildman–Crippen LogP) is 1.12. The number of nitrogens with one attached hydrogen (secondary N) is 1. The van der Waals surface area contributed by atoms with Crippen molar-refractivity contribution in [2.75, 3.05) is 17.7 Å². The molecule has 0 fully saturated rings. The summed E-state index contributed by atoms with van der Waals surface area (Å²) < 4.78 is 0. The Bertz CT molecular complexity index is 535. The van der Waals surface area contributed by atoms with Gasteiger partial charge in [0, 0.05) is 12.7 Å². The van der Waals surface area contributed by atoms with Crippen molar-refractivity contribution in [1.82, 2.24) is 9.97 Å². The second-order valence-corrected chi connectivity index (χ2v) is 3.39. The van der Waals surface area contributed by atoms with Gasteiger partial charge in [0.25, 0.3) is 5.56 Å². The van der Waals surface area contributed by atoms with E-state index in [2.05, 4.69) is 9.97 Å². The third kappa shape index (κ3) is 1.88. The van der Waals surface area contributed by atoms with Crippen LogP contribution in [0.4, 0.5) is 17.3 Å². The Kier molecular flexibility index (Phi) is 2.59. The molecule has 0 aliphatic rings. The Morgan fingerprint density at radius 2 is 2.00 bits per heavy atom. The van der Waals surface area contributed by atoms with Crippen LogP contribution in [0.1, 0.15) is 0 Å². The summed E-state index contributed by atoms with van der Waals surface area (Å²) in [6.45, 7) is 0. The van der Waals surface area contributed by atoms with Crippen molar-refractivity contribution >= 4 is 17.3 Å². The Labute approximate surface area is 92.6 Å². The minimum Gasteiger partial charge on any atom is -0.393 e. The highest BCUT2D eigenvalue weighted by Crippen LogP contribution is 2.17. The standard InChI is InChI=1S/C11H12N4O/c1-15(8-5-3-2-4-6-8)11-13-7-9(12)10(16)14-11/h2-7H,12H2,1H3,(H,13,14,16). The molecule has 5 nitrogen and oxygen atoms in total. The highest BCUT2D eigenvalue weighted by molar-refractivity contribution is 5.56. The number of anilines is 3. The number of benzene rings is 1. The molecule has 0 aliphatic carbocycles. The van der Waals surface area contributed by atoms with Gasteiger partial charge in [-0.05, 0) is 12.1 Å². The smallest absolute Gasteiger partial charge is 0.275 e. The van der Waals surface area contributed by atoms with E-state index < -0.39 is 0 Å². The molecule has 2 aromatic rings. The van der Waals surface area contributed by atoms with Crippen LogP contribution in [0, 0.1) is 0 Å². The van der Waals surface area contributed by atoms with Gasteiger partial charge >= 0.3 is 0 Å². The first kappa shape index (κ1) is 10.2. The van der Waals surface area contributed by atoms with Gasteiger partial charge in [0.1, 0.15) is 5.69 Å². The maximum atomic E-state index is 11.3. The first-order valence-corrected chi connectivity index (χ1v) is 4.82. The molecule has 5 heteroatoms. The number of nitrogens with two attached hydrogens (primary N) is 1. The maximum absolute atomic E-state index is 11.3. The fourth-order valence-electron chi connectivity index (χ4n) is 1.34. The number of hydrogen-bond acceptors (Lipinski definition) is 4. The average Bonchev–Trinajstić information content (AvgIpc) is 2.33. The topological polar surface area (TPSA) is 75.0 Å². The third-order valence-electron chi connectivity index (χ3n) is 2.27. The normalized spacial score (nSPS) is 10.1. The summed E-state index contributed by atoms with van der Waals surface area (Å²) in [7, 11) is 1.82. The fourth-order valence-corrected chi connectivity index (χ4v) is 1.34. The molecule has 1 heterocycles. The molecule has 0 atom stereocenters. The van der Waals surface area contributed by atoms with Gasteiger partial charge in [-0.1, -0.05) is 18.2 Å². The Balaban J connectivity index is 2.38. The number of rotatable bonds is 2. The number of H-pyrrole nitrogens is 1. The molecule has 0 bridgehead atoms. The highest BCUT2D eigenvalue weighted by Gasteiger charge is 2.06. The molecule has 0 saturated heterocycles. The predicted molar refractivity (Wildman–Crippen MR) is 63.8 cm³/mol. The van der Waals surface area contributed by atoms with Crippen LogP contribution in [0.3, 0.4) is 0 Å². The quantitative estimate of drug-likeness (QED) is 0.788. The number of hydrogen-bond donors (Lipinski definition) is 2. The van der Waals surface area contributed by atoms with Gasteiger partial charge in [-0.15, -0.1) is 0 Å². The van der Waals surface area contributed by atoms with Gasteiger partial charge in [-0.25, -0.2) is 4.98 Å². The van der Waals surface area contributed by atoms with Crippen LogP contribution in [-0.2, 0) is 0 Å². The van der Waals surface area contributed by atoms with E-state index in [0.29, 0.717) is 5.95 Å². The summed E-state index contributed by atoms with van der Waals surface area (Å²) in [5, 5.41) is 0. The van der Waals surface area contributed by atoms with Crippen molar-refractivity contribution in [2.45, 2.75) is 0 Å². The number of para-hydroxylation sites is 1. The lowest BCUT2D eigenvalue weighted by molar-refractivity contribution is 1.02. The van der Waals surface area contributed by atoms with Gasteiger partial charge in [0.2, 0.25) is 5.95 Å². The summed E-state index contributed by atoms with van der Waals surface area (Å²) in [5.41, 5.74) is 6.13. The van der Waals surface area contributed by atoms with Gasteiger partial charge in [0.15, 0.2) is 0 Å².